The number of carbonyl (C=O) groups excluding carboxylic acids is 1. The van der Waals surface area contributed by atoms with Gasteiger partial charge >= 0.3 is 6.03 Å². The molecule has 7 heteroatoms. The Labute approximate surface area is 141 Å². The lowest BCUT2D eigenvalue weighted by molar-refractivity contribution is 0.181. The summed E-state index contributed by atoms with van der Waals surface area (Å²) < 4.78 is 13.8. The molecule has 1 fully saturated rings. The first-order valence-electron chi connectivity index (χ1n) is 7.79. The minimum absolute atomic E-state index is 0.0818. The van der Waals surface area contributed by atoms with E-state index in [0.717, 1.165) is 25.1 Å². The van der Waals surface area contributed by atoms with Gasteiger partial charge in [-0.25, -0.2) is 9.18 Å². The van der Waals surface area contributed by atoms with E-state index in [1.807, 2.05) is 6.92 Å². The van der Waals surface area contributed by atoms with Crippen molar-refractivity contribution in [1.82, 2.24) is 15.1 Å². The number of carbonyl (C=O) groups is 1. The highest BCUT2D eigenvalue weighted by Crippen LogP contribution is 2.33. The van der Waals surface area contributed by atoms with Crippen molar-refractivity contribution in [3.8, 4) is 0 Å². The summed E-state index contributed by atoms with van der Waals surface area (Å²) >= 11 is 5.77. The molecule has 2 amide bonds. The molecule has 1 saturated heterocycles. The van der Waals surface area contributed by atoms with E-state index in [9.17, 15) is 9.18 Å². The number of urea groups is 1. The van der Waals surface area contributed by atoms with E-state index >= 15 is 0 Å². The summed E-state index contributed by atoms with van der Waals surface area (Å²) in [6.45, 7) is 3.88. The molecule has 23 heavy (non-hydrogen) atoms. The zero-order valence-corrected chi connectivity index (χ0v) is 14.2. The third kappa shape index (κ3) is 4.13. The van der Waals surface area contributed by atoms with Gasteiger partial charge in [0.25, 0.3) is 0 Å². The molecule has 2 N–H and O–H groups in total. The largest absolute Gasteiger partial charge is 0.395 e. The van der Waals surface area contributed by atoms with Gasteiger partial charge in [0.15, 0.2) is 0 Å². The summed E-state index contributed by atoms with van der Waals surface area (Å²) in [5.41, 5.74) is 0.807. The summed E-state index contributed by atoms with van der Waals surface area (Å²) in [5.74, 6) is -0.449. The molecule has 0 saturated carbocycles. The zero-order valence-electron chi connectivity index (χ0n) is 13.4. The normalized spacial score (nSPS) is 21.4. The smallest absolute Gasteiger partial charge is 0.317 e. The fraction of sp³-hybridized carbons (Fsp3) is 0.562. The number of amides is 2. The highest BCUT2D eigenvalue weighted by molar-refractivity contribution is 6.30. The van der Waals surface area contributed by atoms with E-state index in [0.29, 0.717) is 0 Å². The first-order chi connectivity index (χ1) is 11.0. The highest BCUT2D eigenvalue weighted by Gasteiger charge is 2.36. The van der Waals surface area contributed by atoms with Crippen LogP contribution in [0.15, 0.2) is 18.2 Å². The summed E-state index contributed by atoms with van der Waals surface area (Å²) in [4.78, 5) is 15.8. The van der Waals surface area contributed by atoms with Crippen LogP contribution in [0.3, 0.4) is 0 Å². The topological polar surface area (TPSA) is 55.8 Å². The summed E-state index contributed by atoms with van der Waals surface area (Å²) in [6, 6.07) is 4.37. The maximum absolute atomic E-state index is 13.8. The standard InChI is InChI=1S/C16H23ClFN3O2/c1-3-21-7-6-14(19-16(23)20(2)8-9-22)15(21)11-4-5-12(17)13(18)10-11/h4-5,10,14-15,22H,3,6-9H2,1-2H3,(H,19,23). The molecule has 2 rings (SSSR count). The molecule has 1 aromatic carbocycles. The van der Waals surface area contributed by atoms with Crippen LogP contribution in [-0.2, 0) is 0 Å². The van der Waals surface area contributed by atoms with Crippen molar-refractivity contribution in [3.63, 3.8) is 0 Å². The molecule has 0 radical (unpaired) electrons. The van der Waals surface area contributed by atoms with Crippen molar-refractivity contribution in [2.75, 3.05) is 33.3 Å². The van der Waals surface area contributed by atoms with E-state index < -0.39 is 5.82 Å². The molecular formula is C16H23ClFN3O2. The molecule has 1 aromatic rings. The molecule has 0 bridgehead atoms. The Kier molecular flexibility index (Phi) is 6.21. The van der Waals surface area contributed by atoms with Gasteiger partial charge in [0.05, 0.1) is 23.7 Å². The summed E-state index contributed by atoms with van der Waals surface area (Å²) in [6.07, 6.45) is 0.793. The van der Waals surface area contributed by atoms with Gasteiger partial charge in [0.1, 0.15) is 5.82 Å². The number of likely N-dealkylation sites (tertiary alicyclic amines) is 1. The van der Waals surface area contributed by atoms with Gasteiger partial charge < -0.3 is 15.3 Å². The number of nitrogens with one attached hydrogen (secondary N) is 1. The van der Waals surface area contributed by atoms with Gasteiger partial charge in [-0.05, 0) is 30.7 Å². The number of hydrogen-bond donors (Lipinski definition) is 2. The average molecular weight is 344 g/mol. The fourth-order valence-electron chi connectivity index (χ4n) is 3.02. The predicted octanol–water partition coefficient (Wildman–Crippen LogP) is 2.25. The first-order valence-corrected chi connectivity index (χ1v) is 8.17. The number of benzene rings is 1. The Morgan fingerprint density at radius 1 is 1.57 bits per heavy atom. The van der Waals surface area contributed by atoms with E-state index in [2.05, 4.69) is 10.2 Å². The molecule has 5 nitrogen and oxygen atoms in total. The lowest BCUT2D eigenvalue weighted by Crippen LogP contribution is -2.46. The third-order valence-corrected chi connectivity index (χ3v) is 4.59. The zero-order chi connectivity index (χ0) is 17.0. The van der Waals surface area contributed by atoms with Crippen molar-refractivity contribution < 1.29 is 14.3 Å². The Morgan fingerprint density at radius 2 is 2.30 bits per heavy atom. The number of likely N-dealkylation sites (N-methyl/N-ethyl adjacent to an activating group) is 2. The van der Waals surface area contributed by atoms with Gasteiger partial charge in [0.2, 0.25) is 0 Å². The molecule has 128 valence electrons. The number of aliphatic hydroxyl groups is 1. The molecule has 1 aliphatic heterocycles. The van der Waals surface area contributed by atoms with Gasteiger partial charge in [-0.15, -0.1) is 0 Å². The number of hydrogen-bond acceptors (Lipinski definition) is 3. The maximum atomic E-state index is 13.8. The minimum Gasteiger partial charge on any atom is -0.395 e. The second-order valence-electron chi connectivity index (χ2n) is 5.74. The number of rotatable bonds is 5. The Morgan fingerprint density at radius 3 is 2.91 bits per heavy atom. The number of nitrogens with zero attached hydrogens (tertiary/aromatic N) is 2. The van der Waals surface area contributed by atoms with E-state index in [4.69, 9.17) is 16.7 Å². The molecule has 0 aromatic heterocycles. The maximum Gasteiger partial charge on any atom is 0.317 e. The lowest BCUT2D eigenvalue weighted by Gasteiger charge is -2.29. The van der Waals surface area contributed by atoms with Crippen LogP contribution in [0.5, 0.6) is 0 Å². The van der Waals surface area contributed by atoms with Crippen LogP contribution in [0.2, 0.25) is 5.02 Å². The molecule has 1 heterocycles. The number of halogens is 2. The monoisotopic (exact) mass is 343 g/mol. The first kappa shape index (κ1) is 18.0. The second-order valence-corrected chi connectivity index (χ2v) is 6.14. The molecular weight excluding hydrogens is 321 g/mol. The van der Waals surface area contributed by atoms with Crippen molar-refractivity contribution in [2.45, 2.75) is 25.4 Å². The summed E-state index contributed by atoms with van der Waals surface area (Å²) in [7, 11) is 1.63. The molecule has 0 spiro atoms. The van der Waals surface area contributed by atoms with Crippen molar-refractivity contribution in [2.24, 2.45) is 0 Å². The molecule has 2 atom stereocenters. The Bertz CT molecular complexity index is 558. The van der Waals surface area contributed by atoms with Crippen LogP contribution < -0.4 is 5.32 Å². The fourth-order valence-corrected chi connectivity index (χ4v) is 3.14. The van der Waals surface area contributed by atoms with Gasteiger partial charge in [-0.3, -0.25) is 4.90 Å². The van der Waals surface area contributed by atoms with Crippen molar-refractivity contribution in [1.29, 1.82) is 0 Å². The molecule has 0 aliphatic carbocycles. The third-order valence-electron chi connectivity index (χ3n) is 4.28. The van der Waals surface area contributed by atoms with Gasteiger partial charge in [-0.1, -0.05) is 24.6 Å². The van der Waals surface area contributed by atoms with Crippen molar-refractivity contribution in [3.05, 3.63) is 34.6 Å². The average Bonchev–Trinajstić information content (AvgIpc) is 2.93. The SMILES string of the molecule is CCN1CCC(NC(=O)N(C)CCO)C1c1ccc(Cl)c(F)c1. The Hall–Kier alpha value is -1.37. The molecule has 1 aliphatic rings. The van der Waals surface area contributed by atoms with Crippen LogP contribution >= 0.6 is 11.6 Å². The van der Waals surface area contributed by atoms with Crippen LogP contribution in [0.1, 0.15) is 24.9 Å². The predicted molar refractivity (Wildman–Crippen MR) is 88.1 cm³/mol. The van der Waals surface area contributed by atoms with Crippen molar-refractivity contribution >= 4 is 17.6 Å². The van der Waals surface area contributed by atoms with Gasteiger partial charge in [-0.2, -0.15) is 0 Å². The molecule has 2 unspecified atom stereocenters. The second kappa shape index (κ2) is 7.95. The van der Waals surface area contributed by atoms with E-state index in [1.54, 1.807) is 19.2 Å². The van der Waals surface area contributed by atoms with E-state index in [-0.39, 0.29) is 36.3 Å². The highest BCUT2D eigenvalue weighted by atomic mass is 35.5. The van der Waals surface area contributed by atoms with Crippen LogP contribution in [0.25, 0.3) is 0 Å². The number of aliphatic hydroxyl groups excluding tert-OH is 1. The van der Waals surface area contributed by atoms with Crippen LogP contribution in [0.4, 0.5) is 9.18 Å². The van der Waals surface area contributed by atoms with E-state index in [1.165, 1.54) is 11.0 Å². The van der Waals surface area contributed by atoms with Crippen LogP contribution in [0, 0.1) is 5.82 Å². The Balaban J connectivity index is 2.18. The summed E-state index contributed by atoms with van der Waals surface area (Å²) in [5, 5.41) is 12.0. The minimum atomic E-state index is -0.449. The van der Waals surface area contributed by atoms with Crippen LogP contribution in [-0.4, -0.2) is 60.3 Å². The van der Waals surface area contributed by atoms with Gasteiger partial charge in [0, 0.05) is 20.1 Å². The quantitative estimate of drug-likeness (QED) is 0.862. The lowest BCUT2D eigenvalue weighted by atomic mass is 10.00.